The van der Waals surface area contributed by atoms with E-state index in [0.717, 1.165) is 11.1 Å². The number of hydrogen-bond acceptors (Lipinski definition) is 3. The lowest BCUT2D eigenvalue weighted by Gasteiger charge is -1.98. The van der Waals surface area contributed by atoms with Crippen LogP contribution >= 0.6 is 11.6 Å². The topological polar surface area (TPSA) is 42.3 Å². The number of isocyanates is 1. The zero-order valence-corrected chi connectivity index (χ0v) is 7.30. The molecule has 0 aromatic carbocycles. The Hall–Kier alpha value is -1.18. The van der Waals surface area contributed by atoms with Crippen LogP contribution in [-0.2, 0) is 10.7 Å². The van der Waals surface area contributed by atoms with E-state index in [9.17, 15) is 4.79 Å². The molecule has 0 bridgehead atoms. The van der Waals surface area contributed by atoms with Crippen LogP contribution in [0.5, 0.6) is 0 Å². The van der Waals surface area contributed by atoms with Crippen molar-refractivity contribution in [2.45, 2.75) is 12.8 Å². The van der Waals surface area contributed by atoms with Crippen molar-refractivity contribution in [3.63, 3.8) is 0 Å². The molecule has 0 saturated carbocycles. The summed E-state index contributed by atoms with van der Waals surface area (Å²) < 4.78 is 0. The van der Waals surface area contributed by atoms with Gasteiger partial charge in [0, 0.05) is 12.1 Å². The van der Waals surface area contributed by atoms with Crippen LogP contribution in [0.3, 0.4) is 0 Å². The Bertz CT molecular complexity index is 332. The van der Waals surface area contributed by atoms with Crippen molar-refractivity contribution in [3.05, 3.63) is 23.4 Å². The number of aliphatic imine (C=N–C) groups is 1. The molecule has 0 aliphatic heterocycles. The molecule has 1 rings (SSSR count). The average Bonchev–Trinajstić information content (AvgIpc) is 2.09. The third-order valence-corrected chi connectivity index (χ3v) is 1.72. The molecule has 1 heterocycles. The van der Waals surface area contributed by atoms with Crippen molar-refractivity contribution in [1.29, 1.82) is 0 Å². The number of rotatable bonds is 2. The monoisotopic (exact) mass is 182 g/mol. The number of pyridine rings is 1. The average molecular weight is 183 g/mol. The number of halogens is 1. The van der Waals surface area contributed by atoms with Crippen LogP contribution in [0.15, 0.2) is 17.3 Å². The van der Waals surface area contributed by atoms with Crippen molar-refractivity contribution in [2.75, 3.05) is 0 Å². The number of hydrogen-bond donors (Lipinski definition) is 0. The first-order valence-corrected chi connectivity index (χ1v) is 3.90. The van der Waals surface area contributed by atoms with E-state index in [1.807, 2.05) is 13.0 Å². The van der Waals surface area contributed by atoms with Crippen LogP contribution < -0.4 is 0 Å². The van der Waals surface area contributed by atoms with Crippen LogP contribution in [0.2, 0.25) is 0 Å². The standard InChI is InChI=1S/C8H7ClN2O/c1-6-2-7(3-9)4-10-8(6)11-5-12/h2,4H,3H2,1H3. The van der Waals surface area contributed by atoms with E-state index >= 15 is 0 Å². The molecule has 0 aliphatic carbocycles. The van der Waals surface area contributed by atoms with Gasteiger partial charge < -0.3 is 0 Å². The summed E-state index contributed by atoms with van der Waals surface area (Å²) in [6.07, 6.45) is 3.04. The summed E-state index contributed by atoms with van der Waals surface area (Å²) in [6.45, 7) is 1.82. The van der Waals surface area contributed by atoms with E-state index in [0.29, 0.717) is 11.7 Å². The van der Waals surface area contributed by atoms with Gasteiger partial charge >= 0.3 is 0 Å². The quantitative estimate of drug-likeness (QED) is 0.399. The largest absolute Gasteiger partial charge is 0.242 e. The van der Waals surface area contributed by atoms with Crippen LogP contribution in [0, 0.1) is 6.92 Å². The zero-order valence-electron chi connectivity index (χ0n) is 6.54. The second-order valence-corrected chi connectivity index (χ2v) is 2.59. The molecule has 0 spiro atoms. The lowest BCUT2D eigenvalue weighted by atomic mass is 10.2. The maximum absolute atomic E-state index is 9.92. The van der Waals surface area contributed by atoms with Crippen LogP contribution in [0.4, 0.5) is 5.82 Å². The molecule has 0 fully saturated rings. The van der Waals surface area contributed by atoms with Gasteiger partial charge in [-0.05, 0) is 24.1 Å². The Kier molecular flexibility index (Phi) is 2.97. The van der Waals surface area contributed by atoms with E-state index in [4.69, 9.17) is 11.6 Å². The van der Waals surface area contributed by atoms with Gasteiger partial charge in [0.2, 0.25) is 6.08 Å². The molecule has 3 nitrogen and oxygen atoms in total. The van der Waals surface area contributed by atoms with Gasteiger partial charge in [-0.1, -0.05) is 0 Å². The maximum Gasteiger partial charge on any atom is 0.242 e. The summed E-state index contributed by atoms with van der Waals surface area (Å²) in [4.78, 5) is 17.3. The summed E-state index contributed by atoms with van der Waals surface area (Å²) in [5.74, 6) is 0.817. The third-order valence-electron chi connectivity index (χ3n) is 1.41. The molecule has 0 atom stereocenters. The molecule has 0 unspecified atom stereocenters. The summed E-state index contributed by atoms with van der Waals surface area (Å²) in [5, 5.41) is 0. The molecular weight excluding hydrogens is 176 g/mol. The van der Waals surface area contributed by atoms with E-state index in [1.54, 1.807) is 6.20 Å². The maximum atomic E-state index is 9.92. The highest BCUT2D eigenvalue weighted by Crippen LogP contribution is 2.15. The lowest BCUT2D eigenvalue weighted by Crippen LogP contribution is -1.84. The fraction of sp³-hybridized carbons (Fsp3) is 0.250. The van der Waals surface area contributed by atoms with Gasteiger partial charge in [0.15, 0.2) is 5.82 Å². The molecule has 1 aromatic heterocycles. The molecule has 0 aliphatic rings. The highest BCUT2D eigenvalue weighted by atomic mass is 35.5. The Labute approximate surface area is 75.1 Å². The molecular formula is C8H7ClN2O. The molecule has 12 heavy (non-hydrogen) atoms. The second kappa shape index (κ2) is 4.00. The number of carbonyl (C=O) groups excluding carboxylic acids is 1. The van der Waals surface area contributed by atoms with E-state index in [-0.39, 0.29) is 0 Å². The lowest BCUT2D eigenvalue weighted by molar-refractivity contribution is 0.565. The van der Waals surface area contributed by atoms with Gasteiger partial charge in [0.05, 0.1) is 0 Å². The molecule has 0 saturated heterocycles. The smallest absolute Gasteiger partial charge is 0.236 e. The van der Waals surface area contributed by atoms with Crippen LogP contribution in [0.25, 0.3) is 0 Å². The minimum absolute atomic E-state index is 0.402. The normalized spacial score (nSPS) is 9.17. The number of nitrogens with zero attached hydrogens (tertiary/aromatic N) is 2. The Morgan fingerprint density at radius 2 is 2.50 bits per heavy atom. The Morgan fingerprint density at radius 3 is 3.00 bits per heavy atom. The van der Waals surface area contributed by atoms with E-state index in [1.165, 1.54) is 6.08 Å². The van der Waals surface area contributed by atoms with Crippen molar-refractivity contribution < 1.29 is 4.79 Å². The minimum atomic E-state index is 0.402. The fourth-order valence-electron chi connectivity index (χ4n) is 0.859. The number of aromatic nitrogens is 1. The Morgan fingerprint density at radius 1 is 1.75 bits per heavy atom. The molecule has 1 aromatic rings. The summed E-state index contributed by atoms with van der Waals surface area (Å²) in [7, 11) is 0. The van der Waals surface area contributed by atoms with Gasteiger partial charge in [-0.2, -0.15) is 0 Å². The number of aryl methyl sites for hydroxylation is 1. The van der Waals surface area contributed by atoms with Gasteiger partial charge in [-0.3, -0.25) is 0 Å². The predicted octanol–water partition coefficient (Wildman–Crippen LogP) is 2.10. The van der Waals surface area contributed by atoms with Gasteiger partial charge in [0.25, 0.3) is 0 Å². The van der Waals surface area contributed by atoms with E-state index < -0.39 is 0 Å². The van der Waals surface area contributed by atoms with Gasteiger partial charge in [-0.25, -0.2) is 9.78 Å². The number of alkyl halides is 1. The molecule has 0 amide bonds. The molecule has 62 valence electrons. The first kappa shape index (κ1) is 8.91. The zero-order chi connectivity index (χ0) is 8.97. The van der Waals surface area contributed by atoms with Crippen molar-refractivity contribution in [3.8, 4) is 0 Å². The SMILES string of the molecule is Cc1cc(CCl)cnc1N=C=O. The summed E-state index contributed by atoms with van der Waals surface area (Å²) in [5.41, 5.74) is 1.75. The van der Waals surface area contributed by atoms with Crippen molar-refractivity contribution in [1.82, 2.24) is 4.98 Å². The summed E-state index contributed by atoms with van der Waals surface area (Å²) in [6, 6.07) is 1.84. The first-order valence-electron chi connectivity index (χ1n) is 3.37. The van der Waals surface area contributed by atoms with Crippen molar-refractivity contribution in [2.24, 2.45) is 4.99 Å². The fourth-order valence-corrected chi connectivity index (χ4v) is 1.01. The molecule has 0 N–H and O–H groups in total. The minimum Gasteiger partial charge on any atom is -0.236 e. The van der Waals surface area contributed by atoms with Gasteiger partial charge in [0.1, 0.15) is 0 Å². The predicted molar refractivity (Wildman–Crippen MR) is 46.3 cm³/mol. The third kappa shape index (κ3) is 1.91. The highest BCUT2D eigenvalue weighted by Gasteiger charge is 1.98. The van der Waals surface area contributed by atoms with Crippen LogP contribution in [0.1, 0.15) is 11.1 Å². The van der Waals surface area contributed by atoms with Crippen molar-refractivity contribution >= 4 is 23.5 Å². The summed E-state index contributed by atoms with van der Waals surface area (Å²) >= 11 is 5.58. The van der Waals surface area contributed by atoms with Gasteiger partial charge in [-0.15, -0.1) is 16.6 Å². The second-order valence-electron chi connectivity index (χ2n) is 2.32. The molecule has 4 heteroatoms. The molecule has 0 radical (unpaired) electrons. The first-order chi connectivity index (χ1) is 5.77. The van der Waals surface area contributed by atoms with Crippen LogP contribution in [-0.4, -0.2) is 11.1 Å². The Balaban J connectivity index is 3.11. The highest BCUT2D eigenvalue weighted by molar-refractivity contribution is 6.17. The van der Waals surface area contributed by atoms with E-state index in [2.05, 4.69) is 9.98 Å².